The Morgan fingerprint density at radius 2 is 1.59 bits per heavy atom. The Bertz CT molecular complexity index is 1380. The zero-order valence-electron chi connectivity index (χ0n) is 22.5. The summed E-state index contributed by atoms with van der Waals surface area (Å²) in [6, 6.07) is 19.2. The fourth-order valence-electron chi connectivity index (χ4n) is 4.09. The number of urea groups is 1. The van der Waals surface area contributed by atoms with Gasteiger partial charge < -0.3 is 14.2 Å². The molecule has 4 amide bonds. The first-order valence-corrected chi connectivity index (χ1v) is 12.8. The zero-order valence-corrected chi connectivity index (χ0v) is 22.5. The molecule has 3 aromatic carbocycles. The first kappa shape index (κ1) is 27.4. The fraction of sp³-hybridized carbons (Fsp3) is 0.258. The van der Waals surface area contributed by atoms with E-state index in [1.807, 2.05) is 19.1 Å². The number of aryl methyl sites for hydroxylation is 1. The molecule has 1 unspecified atom stereocenters. The van der Waals surface area contributed by atoms with Crippen molar-refractivity contribution in [2.45, 2.75) is 33.1 Å². The SMILES string of the molecule is CCC(C)c1ccc(OCCOc2ccc(C=C3C(=O)NC(=O)N(c4ccc(C)cc4)C3=O)cc2OC)cc1. The van der Waals surface area contributed by atoms with Gasteiger partial charge in [0.05, 0.1) is 12.8 Å². The molecule has 1 heterocycles. The van der Waals surface area contributed by atoms with Gasteiger partial charge in [-0.15, -0.1) is 0 Å². The summed E-state index contributed by atoms with van der Waals surface area (Å²) in [6.07, 6.45) is 2.50. The van der Waals surface area contributed by atoms with Gasteiger partial charge in [-0.25, -0.2) is 9.69 Å². The molecule has 3 aromatic rings. The number of carbonyl (C=O) groups excluding carboxylic acids is 3. The van der Waals surface area contributed by atoms with Crippen LogP contribution in [0.4, 0.5) is 10.5 Å². The number of carbonyl (C=O) groups is 3. The number of rotatable bonds is 10. The topological polar surface area (TPSA) is 94.2 Å². The number of amides is 4. The Hall–Kier alpha value is -4.59. The van der Waals surface area contributed by atoms with Crippen molar-refractivity contribution in [1.29, 1.82) is 0 Å². The molecule has 39 heavy (non-hydrogen) atoms. The van der Waals surface area contributed by atoms with E-state index in [1.54, 1.807) is 42.5 Å². The number of ether oxygens (including phenoxy) is 3. The van der Waals surface area contributed by atoms with Gasteiger partial charge in [-0.2, -0.15) is 0 Å². The second-order valence-corrected chi connectivity index (χ2v) is 9.28. The summed E-state index contributed by atoms with van der Waals surface area (Å²) in [6.45, 7) is 6.89. The van der Waals surface area contributed by atoms with Crippen LogP contribution < -0.4 is 24.4 Å². The molecule has 0 bridgehead atoms. The highest BCUT2D eigenvalue weighted by Crippen LogP contribution is 2.30. The highest BCUT2D eigenvalue weighted by Gasteiger charge is 2.36. The van der Waals surface area contributed by atoms with Gasteiger partial charge in [0.1, 0.15) is 24.5 Å². The summed E-state index contributed by atoms with van der Waals surface area (Å²) in [4.78, 5) is 39.0. The Kier molecular flexibility index (Phi) is 8.66. The molecule has 1 atom stereocenters. The van der Waals surface area contributed by atoms with Crippen molar-refractivity contribution in [1.82, 2.24) is 5.32 Å². The maximum atomic E-state index is 13.1. The minimum atomic E-state index is -0.791. The summed E-state index contributed by atoms with van der Waals surface area (Å²) in [7, 11) is 1.50. The van der Waals surface area contributed by atoms with Crippen LogP contribution in [0.15, 0.2) is 72.3 Å². The summed E-state index contributed by atoms with van der Waals surface area (Å²) < 4.78 is 17.1. The maximum absolute atomic E-state index is 13.1. The number of benzene rings is 3. The van der Waals surface area contributed by atoms with Gasteiger partial charge in [0.25, 0.3) is 11.8 Å². The molecule has 0 saturated carbocycles. The van der Waals surface area contributed by atoms with E-state index < -0.39 is 17.8 Å². The van der Waals surface area contributed by atoms with E-state index in [1.165, 1.54) is 18.7 Å². The van der Waals surface area contributed by atoms with Gasteiger partial charge in [0.15, 0.2) is 11.5 Å². The van der Waals surface area contributed by atoms with E-state index in [9.17, 15) is 14.4 Å². The number of imide groups is 2. The van der Waals surface area contributed by atoms with Crippen LogP contribution in [-0.4, -0.2) is 38.2 Å². The molecule has 0 spiro atoms. The molecule has 1 aliphatic rings. The lowest BCUT2D eigenvalue weighted by Gasteiger charge is -2.26. The van der Waals surface area contributed by atoms with Crippen LogP contribution in [0.2, 0.25) is 0 Å². The minimum absolute atomic E-state index is 0.168. The summed E-state index contributed by atoms with van der Waals surface area (Å²) in [5, 5.41) is 2.23. The molecular formula is C31H32N2O6. The van der Waals surface area contributed by atoms with E-state index in [4.69, 9.17) is 14.2 Å². The van der Waals surface area contributed by atoms with Crippen LogP contribution in [0.25, 0.3) is 6.08 Å². The molecular weight excluding hydrogens is 496 g/mol. The molecule has 1 saturated heterocycles. The molecule has 1 N–H and O–H groups in total. The summed E-state index contributed by atoms with van der Waals surface area (Å²) in [5.41, 5.74) is 3.00. The van der Waals surface area contributed by atoms with E-state index in [2.05, 4.69) is 31.3 Å². The number of methoxy groups -OCH3 is 1. The lowest BCUT2D eigenvalue weighted by molar-refractivity contribution is -0.122. The smallest absolute Gasteiger partial charge is 0.335 e. The summed E-state index contributed by atoms with van der Waals surface area (Å²) >= 11 is 0. The zero-order chi connectivity index (χ0) is 27.9. The second-order valence-electron chi connectivity index (χ2n) is 9.28. The number of hydrogen-bond acceptors (Lipinski definition) is 6. The first-order chi connectivity index (χ1) is 18.8. The average molecular weight is 529 g/mol. The van der Waals surface area contributed by atoms with E-state index in [0.717, 1.165) is 22.6 Å². The van der Waals surface area contributed by atoms with E-state index in [0.29, 0.717) is 41.9 Å². The molecule has 0 aromatic heterocycles. The van der Waals surface area contributed by atoms with Crippen molar-refractivity contribution in [2.24, 2.45) is 0 Å². The van der Waals surface area contributed by atoms with Crippen LogP contribution in [0.3, 0.4) is 0 Å². The van der Waals surface area contributed by atoms with Gasteiger partial charge in [-0.3, -0.25) is 14.9 Å². The quantitative estimate of drug-likeness (QED) is 0.208. The van der Waals surface area contributed by atoms with Gasteiger partial charge in [0.2, 0.25) is 0 Å². The monoisotopic (exact) mass is 528 g/mol. The Balaban J connectivity index is 1.42. The van der Waals surface area contributed by atoms with Crippen molar-refractivity contribution < 1.29 is 28.6 Å². The normalized spacial score (nSPS) is 15.2. The van der Waals surface area contributed by atoms with Gasteiger partial charge >= 0.3 is 6.03 Å². The molecule has 4 rings (SSSR count). The highest BCUT2D eigenvalue weighted by molar-refractivity contribution is 6.39. The lowest BCUT2D eigenvalue weighted by atomic mass is 9.99. The van der Waals surface area contributed by atoms with Gasteiger partial charge in [-0.1, -0.05) is 49.7 Å². The molecule has 202 valence electrons. The Morgan fingerprint density at radius 3 is 2.26 bits per heavy atom. The maximum Gasteiger partial charge on any atom is 0.335 e. The highest BCUT2D eigenvalue weighted by atomic mass is 16.5. The standard InChI is InChI=1S/C31H32N2O6/c1-5-21(3)23-9-13-25(14-10-23)38-16-17-39-27-15-8-22(19-28(27)37-4)18-26-29(34)32-31(36)33(30(26)35)24-11-6-20(2)7-12-24/h6-15,18-19,21H,5,16-17H2,1-4H3,(H,32,34,36). The van der Waals surface area contributed by atoms with E-state index in [-0.39, 0.29) is 5.57 Å². The predicted molar refractivity (Wildman–Crippen MR) is 149 cm³/mol. The third-order valence-corrected chi connectivity index (χ3v) is 6.56. The van der Waals surface area contributed by atoms with E-state index >= 15 is 0 Å². The molecule has 0 aliphatic carbocycles. The number of nitrogens with one attached hydrogen (secondary N) is 1. The number of hydrogen-bond donors (Lipinski definition) is 1. The molecule has 8 heteroatoms. The summed E-state index contributed by atoms with van der Waals surface area (Å²) in [5.74, 6) is 0.730. The fourth-order valence-corrected chi connectivity index (χ4v) is 4.09. The van der Waals surface area contributed by atoms with Crippen LogP contribution >= 0.6 is 0 Å². The lowest BCUT2D eigenvalue weighted by Crippen LogP contribution is -2.54. The van der Waals surface area contributed by atoms with Crippen molar-refractivity contribution >= 4 is 29.6 Å². The van der Waals surface area contributed by atoms with Crippen molar-refractivity contribution in [3.63, 3.8) is 0 Å². The average Bonchev–Trinajstić information content (AvgIpc) is 2.94. The minimum Gasteiger partial charge on any atom is -0.493 e. The van der Waals surface area contributed by atoms with Crippen LogP contribution in [-0.2, 0) is 9.59 Å². The molecule has 0 radical (unpaired) electrons. The van der Waals surface area contributed by atoms with Crippen molar-refractivity contribution in [2.75, 3.05) is 25.2 Å². The van der Waals surface area contributed by atoms with Gasteiger partial charge in [0, 0.05) is 0 Å². The van der Waals surface area contributed by atoms with Crippen molar-refractivity contribution in [3.05, 3.63) is 89.0 Å². The number of anilines is 1. The third-order valence-electron chi connectivity index (χ3n) is 6.56. The van der Waals surface area contributed by atoms with Crippen LogP contribution in [0.5, 0.6) is 17.2 Å². The van der Waals surface area contributed by atoms with Gasteiger partial charge in [-0.05, 0) is 72.9 Å². The Morgan fingerprint density at radius 1 is 0.897 bits per heavy atom. The molecule has 8 nitrogen and oxygen atoms in total. The first-order valence-electron chi connectivity index (χ1n) is 12.8. The third kappa shape index (κ3) is 6.46. The molecule has 1 fully saturated rings. The molecule has 1 aliphatic heterocycles. The number of nitrogens with zero attached hydrogens (tertiary/aromatic N) is 1. The largest absolute Gasteiger partial charge is 0.493 e. The van der Waals surface area contributed by atoms with Crippen LogP contribution in [0.1, 0.15) is 42.9 Å². The predicted octanol–water partition coefficient (Wildman–Crippen LogP) is 5.64. The second kappa shape index (κ2) is 12.3. The van der Waals surface area contributed by atoms with Crippen LogP contribution in [0, 0.1) is 6.92 Å². The van der Waals surface area contributed by atoms with Crippen molar-refractivity contribution in [3.8, 4) is 17.2 Å². The Labute approximate surface area is 228 Å². The number of barbiturate groups is 1.